The molecule has 0 bridgehead atoms. The minimum Gasteiger partial charge on any atom is -0.494 e. The van der Waals surface area contributed by atoms with Gasteiger partial charge in [0.25, 0.3) is 0 Å². The van der Waals surface area contributed by atoms with Crippen LogP contribution in [-0.4, -0.2) is 43.5 Å². The highest BCUT2D eigenvalue weighted by atomic mass is 16.5. The Labute approximate surface area is 124 Å². The highest BCUT2D eigenvalue weighted by Crippen LogP contribution is 2.18. The van der Waals surface area contributed by atoms with Crippen LogP contribution in [0.25, 0.3) is 0 Å². The van der Waals surface area contributed by atoms with Crippen molar-refractivity contribution in [3.05, 3.63) is 29.8 Å². The number of ketones is 1. The summed E-state index contributed by atoms with van der Waals surface area (Å²) in [4.78, 5) is 25.5. The first-order chi connectivity index (χ1) is 10.1. The van der Waals surface area contributed by atoms with Crippen LogP contribution in [0.3, 0.4) is 0 Å². The molecular weight excluding hydrogens is 270 g/mol. The smallest absolute Gasteiger partial charge is 0.317 e. The molecule has 1 aliphatic heterocycles. The van der Waals surface area contributed by atoms with E-state index in [9.17, 15) is 9.59 Å². The van der Waals surface area contributed by atoms with Crippen LogP contribution in [-0.2, 0) is 20.9 Å². The zero-order chi connectivity index (χ0) is 15.2. The maximum atomic E-state index is 11.8. The maximum absolute atomic E-state index is 11.8. The number of esters is 1. The lowest BCUT2D eigenvalue weighted by atomic mass is 9.96. The monoisotopic (exact) mass is 291 g/mol. The number of piperidine rings is 1. The molecule has 0 radical (unpaired) electrons. The molecule has 0 spiro atoms. The van der Waals surface area contributed by atoms with Crippen molar-refractivity contribution in [2.24, 2.45) is 5.92 Å². The van der Waals surface area contributed by atoms with Gasteiger partial charge in [0.2, 0.25) is 0 Å². The number of carbonyl (C=O) groups is 2. The minimum atomic E-state index is -0.647. The van der Waals surface area contributed by atoms with Crippen molar-refractivity contribution in [1.82, 2.24) is 4.90 Å². The Morgan fingerprint density at radius 2 is 2.05 bits per heavy atom. The van der Waals surface area contributed by atoms with Crippen molar-refractivity contribution in [1.29, 1.82) is 0 Å². The van der Waals surface area contributed by atoms with Crippen LogP contribution in [0.5, 0.6) is 5.75 Å². The fraction of sp³-hybridized carbons (Fsp3) is 0.500. The second-order valence-corrected chi connectivity index (χ2v) is 5.10. The molecule has 0 aliphatic carbocycles. The molecule has 1 heterocycles. The molecule has 1 aromatic rings. The molecule has 1 aromatic carbocycles. The first kappa shape index (κ1) is 15.5. The van der Waals surface area contributed by atoms with E-state index in [0.717, 1.165) is 11.3 Å². The second-order valence-electron chi connectivity index (χ2n) is 5.10. The number of ether oxygens (including phenoxy) is 2. The summed E-state index contributed by atoms with van der Waals surface area (Å²) in [5, 5.41) is 0. The molecule has 5 heteroatoms. The van der Waals surface area contributed by atoms with E-state index in [-0.39, 0.29) is 5.78 Å². The predicted molar refractivity (Wildman–Crippen MR) is 78.0 cm³/mol. The van der Waals surface area contributed by atoms with E-state index in [1.165, 1.54) is 7.11 Å². The predicted octanol–water partition coefficient (Wildman–Crippen LogP) is 1.65. The molecular formula is C16H21NO4. The third-order valence-corrected chi connectivity index (χ3v) is 3.63. The number of methoxy groups -OCH3 is 1. The van der Waals surface area contributed by atoms with E-state index in [4.69, 9.17) is 9.47 Å². The standard InChI is InChI=1S/C16H21NO4/c1-3-21-13-6-4-12(5-7-13)10-17-9-8-15(18)14(11-17)16(19)20-2/h4-7,14H,3,8-11H2,1-2H3. The molecule has 1 aliphatic rings. The Hall–Kier alpha value is -1.88. The highest BCUT2D eigenvalue weighted by Gasteiger charge is 2.33. The fourth-order valence-electron chi connectivity index (χ4n) is 2.50. The number of benzene rings is 1. The Balaban J connectivity index is 1.96. The normalized spacial score (nSPS) is 19.3. The first-order valence-corrected chi connectivity index (χ1v) is 7.18. The molecule has 114 valence electrons. The summed E-state index contributed by atoms with van der Waals surface area (Å²) < 4.78 is 10.1. The fourth-order valence-corrected chi connectivity index (χ4v) is 2.50. The van der Waals surface area contributed by atoms with Gasteiger partial charge in [-0.2, -0.15) is 0 Å². The van der Waals surface area contributed by atoms with Gasteiger partial charge in [-0.15, -0.1) is 0 Å². The summed E-state index contributed by atoms with van der Waals surface area (Å²) in [6, 6.07) is 7.89. The van der Waals surface area contributed by atoms with Crippen LogP contribution in [0.1, 0.15) is 18.9 Å². The van der Waals surface area contributed by atoms with E-state index in [0.29, 0.717) is 32.7 Å². The lowest BCUT2D eigenvalue weighted by molar-refractivity contribution is -0.152. The molecule has 0 amide bonds. The Bertz CT molecular complexity index is 490. The van der Waals surface area contributed by atoms with Crippen LogP contribution >= 0.6 is 0 Å². The Kier molecular flexibility index (Phi) is 5.33. The van der Waals surface area contributed by atoms with Crippen molar-refractivity contribution >= 4 is 11.8 Å². The molecule has 1 saturated heterocycles. The van der Waals surface area contributed by atoms with Crippen LogP contribution in [0.2, 0.25) is 0 Å². The second kappa shape index (κ2) is 7.22. The van der Waals surface area contributed by atoms with Gasteiger partial charge in [-0.3, -0.25) is 14.5 Å². The SMILES string of the molecule is CCOc1ccc(CN2CCC(=O)C(C(=O)OC)C2)cc1. The van der Waals surface area contributed by atoms with Gasteiger partial charge in [0, 0.05) is 26.1 Å². The third kappa shape index (κ3) is 4.04. The lowest BCUT2D eigenvalue weighted by Crippen LogP contribution is -2.44. The average Bonchev–Trinajstić information content (AvgIpc) is 2.50. The Morgan fingerprint density at radius 1 is 1.33 bits per heavy atom. The largest absolute Gasteiger partial charge is 0.494 e. The Morgan fingerprint density at radius 3 is 2.67 bits per heavy atom. The summed E-state index contributed by atoms with van der Waals surface area (Å²) in [6.45, 7) is 4.42. The third-order valence-electron chi connectivity index (χ3n) is 3.63. The van der Waals surface area contributed by atoms with Gasteiger partial charge in [0.05, 0.1) is 13.7 Å². The molecule has 2 rings (SSSR count). The molecule has 1 fully saturated rings. The topological polar surface area (TPSA) is 55.8 Å². The number of likely N-dealkylation sites (tertiary alicyclic amines) is 1. The van der Waals surface area contributed by atoms with Gasteiger partial charge in [0.1, 0.15) is 17.5 Å². The molecule has 0 aromatic heterocycles. The van der Waals surface area contributed by atoms with E-state index < -0.39 is 11.9 Å². The summed E-state index contributed by atoms with van der Waals surface area (Å²) in [6.07, 6.45) is 0.400. The average molecular weight is 291 g/mol. The van der Waals surface area contributed by atoms with E-state index in [2.05, 4.69) is 4.90 Å². The number of hydrogen-bond acceptors (Lipinski definition) is 5. The van der Waals surface area contributed by atoms with Crippen molar-refractivity contribution in [3.8, 4) is 5.75 Å². The quantitative estimate of drug-likeness (QED) is 0.610. The van der Waals surface area contributed by atoms with Gasteiger partial charge in [-0.25, -0.2) is 0 Å². The van der Waals surface area contributed by atoms with Crippen molar-refractivity contribution < 1.29 is 19.1 Å². The van der Waals surface area contributed by atoms with Gasteiger partial charge in [-0.1, -0.05) is 12.1 Å². The van der Waals surface area contributed by atoms with Crippen LogP contribution in [0.15, 0.2) is 24.3 Å². The van der Waals surface area contributed by atoms with Crippen molar-refractivity contribution in [3.63, 3.8) is 0 Å². The summed E-state index contributed by atoms with van der Waals surface area (Å²) in [5.74, 6) is -0.254. The maximum Gasteiger partial charge on any atom is 0.317 e. The zero-order valence-corrected chi connectivity index (χ0v) is 12.5. The molecule has 1 unspecified atom stereocenters. The lowest BCUT2D eigenvalue weighted by Gasteiger charge is -2.30. The van der Waals surface area contributed by atoms with Crippen LogP contribution < -0.4 is 4.74 Å². The summed E-state index contributed by atoms with van der Waals surface area (Å²) in [5.41, 5.74) is 1.14. The van der Waals surface area contributed by atoms with Gasteiger partial charge < -0.3 is 9.47 Å². The first-order valence-electron chi connectivity index (χ1n) is 7.18. The van der Waals surface area contributed by atoms with Crippen molar-refractivity contribution in [2.45, 2.75) is 19.9 Å². The number of rotatable bonds is 5. The van der Waals surface area contributed by atoms with Gasteiger partial charge in [0.15, 0.2) is 0 Å². The van der Waals surface area contributed by atoms with Gasteiger partial charge >= 0.3 is 5.97 Å². The van der Waals surface area contributed by atoms with Crippen LogP contribution in [0.4, 0.5) is 0 Å². The molecule has 21 heavy (non-hydrogen) atoms. The molecule has 0 saturated carbocycles. The van der Waals surface area contributed by atoms with Gasteiger partial charge in [-0.05, 0) is 24.6 Å². The van der Waals surface area contributed by atoms with E-state index in [1.807, 2.05) is 31.2 Å². The number of hydrogen-bond donors (Lipinski definition) is 0. The molecule has 1 atom stereocenters. The van der Waals surface area contributed by atoms with Crippen molar-refractivity contribution in [2.75, 3.05) is 26.8 Å². The zero-order valence-electron chi connectivity index (χ0n) is 12.5. The highest BCUT2D eigenvalue weighted by molar-refractivity contribution is 5.99. The summed E-state index contributed by atoms with van der Waals surface area (Å²) in [7, 11) is 1.32. The molecule has 5 nitrogen and oxygen atoms in total. The molecule has 0 N–H and O–H groups in total. The van der Waals surface area contributed by atoms with E-state index in [1.54, 1.807) is 0 Å². The number of carbonyl (C=O) groups excluding carboxylic acids is 2. The number of Topliss-reactive ketones (excluding diaryl/α,β-unsaturated/α-hetero) is 1. The summed E-state index contributed by atoms with van der Waals surface area (Å²) >= 11 is 0. The minimum absolute atomic E-state index is 0.0233. The number of nitrogens with zero attached hydrogens (tertiary/aromatic N) is 1. The van der Waals surface area contributed by atoms with E-state index >= 15 is 0 Å². The van der Waals surface area contributed by atoms with Crippen LogP contribution in [0, 0.1) is 5.92 Å².